The highest BCUT2D eigenvalue weighted by Gasteiger charge is 2.51. The highest BCUT2D eigenvalue weighted by Crippen LogP contribution is 2.47. The lowest BCUT2D eigenvalue weighted by molar-refractivity contribution is -0.150. The molecule has 1 heterocycles. The van der Waals surface area contributed by atoms with Crippen molar-refractivity contribution < 1.29 is 14.3 Å². The van der Waals surface area contributed by atoms with E-state index >= 15 is 0 Å². The lowest BCUT2D eigenvalue weighted by Gasteiger charge is -2.44. The molecule has 1 aliphatic heterocycles. The van der Waals surface area contributed by atoms with Gasteiger partial charge in [0.2, 0.25) is 11.8 Å². The van der Waals surface area contributed by atoms with Crippen LogP contribution in [-0.2, 0) is 14.3 Å². The van der Waals surface area contributed by atoms with Crippen LogP contribution >= 0.6 is 0 Å². The fourth-order valence-corrected chi connectivity index (χ4v) is 3.85. The molecule has 2 fully saturated rings. The second-order valence-electron chi connectivity index (χ2n) is 5.76. The van der Waals surface area contributed by atoms with Crippen LogP contribution in [0, 0.1) is 17.3 Å². The number of methoxy groups -OCH3 is 1. The lowest BCUT2D eigenvalue weighted by atomic mass is 9.63. The summed E-state index contributed by atoms with van der Waals surface area (Å²) in [5, 5.41) is 2.52. The summed E-state index contributed by atoms with van der Waals surface area (Å²) in [5.74, 6) is 0.154. The zero-order valence-corrected chi connectivity index (χ0v) is 11.3. The Labute approximate surface area is 108 Å². The number of rotatable bonds is 4. The van der Waals surface area contributed by atoms with Crippen molar-refractivity contribution in [3.05, 3.63) is 0 Å². The number of ether oxygens (including phenoxy) is 1. The van der Waals surface area contributed by atoms with E-state index in [4.69, 9.17) is 4.74 Å². The molecule has 0 aromatic carbocycles. The molecule has 1 saturated heterocycles. The van der Waals surface area contributed by atoms with E-state index in [0.717, 1.165) is 19.3 Å². The second kappa shape index (κ2) is 5.39. The molecule has 0 aromatic heterocycles. The molecule has 4 nitrogen and oxygen atoms in total. The Bertz CT molecular complexity index is 336. The normalized spacial score (nSPS) is 33.8. The molecule has 2 atom stereocenters. The first-order valence-electron chi connectivity index (χ1n) is 6.95. The molecule has 2 aliphatic rings. The minimum Gasteiger partial charge on any atom is -0.384 e. The summed E-state index contributed by atoms with van der Waals surface area (Å²) in [6.07, 6.45) is 5.87. The van der Waals surface area contributed by atoms with Crippen LogP contribution in [0.15, 0.2) is 0 Å². The van der Waals surface area contributed by atoms with Gasteiger partial charge in [-0.2, -0.15) is 0 Å². The van der Waals surface area contributed by atoms with Crippen LogP contribution in [0.4, 0.5) is 0 Å². The number of carbonyl (C=O) groups excluding carboxylic acids is 2. The van der Waals surface area contributed by atoms with E-state index in [0.29, 0.717) is 18.9 Å². The predicted molar refractivity (Wildman–Crippen MR) is 67.8 cm³/mol. The molecule has 0 bridgehead atoms. The maximum absolute atomic E-state index is 12.3. The first-order valence-corrected chi connectivity index (χ1v) is 6.95. The van der Waals surface area contributed by atoms with Crippen LogP contribution in [0.25, 0.3) is 0 Å². The third-order valence-corrected chi connectivity index (χ3v) is 4.72. The molecule has 0 radical (unpaired) electrons. The zero-order chi connectivity index (χ0) is 13.2. The van der Waals surface area contributed by atoms with Crippen molar-refractivity contribution in [3.8, 4) is 0 Å². The quantitative estimate of drug-likeness (QED) is 0.778. The molecule has 102 valence electrons. The smallest absolute Gasteiger partial charge is 0.230 e. The Kier molecular flexibility index (Phi) is 4.05. The Morgan fingerprint density at radius 1 is 1.33 bits per heavy atom. The van der Waals surface area contributed by atoms with Crippen LogP contribution in [0.3, 0.4) is 0 Å². The van der Waals surface area contributed by atoms with Crippen LogP contribution in [0.1, 0.15) is 45.4 Å². The average molecular weight is 253 g/mol. The average Bonchev–Trinajstić information content (AvgIpc) is 2.81. The van der Waals surface area contributed by atoms with Crippen LogP contribution in [-0.4, -0.2) is 25.5 Å². The van der Waals surface area contributed by atoms with Gasteiger partial charge in [-0.05, 0) is 25.2 Å². The van der Waals surface area contributed by atoms with Crippen molar-refractivity contribution in [2.45, 2.75) is 45.4 Å². The van der Waals surface area contributed by atoms with E-state index in [9.17, 15) is 9.59 Å². The van der Waals surface area contributed by atoms with Crippen molar-refractivity contribution in [1.82, 2.24) is 5.32 Å². The largest absolute Gasteiger partial charge is 0.384 e. The molecule has 1 N–H and O–H groups in total. The van der Waals surface area contributed by atoms with E-state index in [1.165, 1.54) is 12.8 Å². The summed E-state index contributed by atoms with van der Waals surface area (Å²) < 4.78 is 5.33. The second-order valence-corrected chi connectivity index (χ2v) is 5.76. The molecular formula is C14H23NO3. The third kappa shape index (κ3) is 2.30. The maximum atomic E-state index is 12.3. The van der Waals surface area contributed by atoms with Crippen molar-refractivity contribution in [2.75, 3.05) is 13.7 Å². The summed E-state index contributed by atoms with van der Waals surface area (Å²) in [7, 11) is 1.65. The number of nitrogens with one attached hydrogen (secondary N) is 1. The molecule has 4 heteroatoms. The van der Waals surface area contributed by atoms with Gasteiger partial charge in [0.1, 0.15) is 0 Å². The van der Waals surface area contributed by atoms with Crippen LogP contribution in [0.2, 0.25) is 0 Å². The fraction of sp³-hybridized carbons (Fsp3) is 0.857. The summed E-state index contributed by atoms with van der Waals surface area (Å²) >= 11 is 0. The zero-order valence-electron chi connectivity index (χ0n) is 11.3. The number of hydrogen-bond acceptors (Lipinski definition) is 3. The Morgan fingerprint density at radius 3 is 2.56 bits per heavy atom. The summed E-state index contributed by atoms with van der Waals surface area (Å²) in [6, 6.07) is 0. The molecule has 0 aromatic rings. The van der Waals surface area contributed by atoms with E-state index in [-0.39, 0.29) is 23.1 Å². The van der Waals surface area contributed by atoms with Crippen molar-refractivity contribution in [2.24, 2.45) is 17.3 Å². The van der Waals surface area contributed by atoms with E-state index in [2.05, 4.69) is 12.2 Å². The predicted octanol–water partition coefficient (Wildman–Crippen LogP) is 1.88. The monoisotopic (exact) mass is 253 g/mol. The van der Waals surface area contributed by atoms with Gasteiger partial charge in [0.05, 0.1) is 6.61 Å². The molecular weight excluding hydrogens is 230 g/mol. The van der Waals surface area contributed by atoms with Gasteiger partial charge in [-0.3, -0.25) is 14.9 Å². The topological polar surface area (TPSA) is 55.4 Å². The third-order valence-electron chi connectivity index (χ3n) is 4.72. The Hall–Kier alpha value is -0.900. The van der Waals surface area contributed by atoms with Gasteiger partial charge in [-0.25, -0.2) is 0 Å². The highest BCUT2D eigenvalue weighted by molar-refractivity contribution is 5.99. The van der Waals surface area contributed by atoms with E-state index in [1.54, 1.807) is 7.11 Å². The molecule has 18 heavy (non-hydrogen) atoms. The van der Waals surface area contributed by atoms with Gasteiger partial charge in [0.15, 0.2) is 0 Å². The summed E-state index contributed by atoms with van der Waals surface area (Å²) in [4.78, 5) is 23.9. The van der Waals surface area contributed by atoms with Gasteiger partial charge in [0, 0.05) is 24.9 Å². The molecule has 2 unspecified atom stereocenters. The van der Waals surface area contributed by atoms with E-state index in [1.807, 2.05) is 0 Å². The Balaban J connectivity index is 2.29. The highest BCUT2D eigenvalue weighted by atomic mass is 16.5. The number of hydrogen-bond donors (Lipinski definition) is 1. The number of carbonyl (C=O) groups is 2. The lowest BCUT2D eigenvalue weighted by Crippen LogP contribution is -2.55. The first-order chi connectivity index (χ1) is 8.63. The molecule has 1 aliphatic carbocycles. The molecule has 0 spiro atoms. The van der Waals surface area contributed by atoms with Crippen molar-refractivity contribution >= 4 is 11.8 Å². The summed E-state index contributed by atoms with van der Waals surface area (Å²) in [6.45, 7) is 2.57. The minimum absolute atomic E-state index is 0.0531. The van der Waals surface area contributed by atoms with Gasteiger partial charge in [-0.1, -0.05) is 19.8 Å². The van der Waals surface area contributed by atoms with Gasteiger partial charge < -0.3 is 4.74 Å². The van der Waals surface area contributed by atoms with E-state index < -0.39 is 0 Å². The van der Waals surface area contributed by atoms with Crippen LogP contribution in [0.5, 0.6) is 0 Å². The van der Waals surface area contributed by atoms with Crippen molar-refractivity contribution in [3.63, 3.8) is 0 Å². The van der Waals surface area contributed by atoms with Gasteiger partial charge >= 0.3 is 0 Å². The molecule has 1 saturated carbocycles. The SMILES string of the molecule is CCC1(COC)CC(=O)NC(=O)C1C1CCCC1. The molecule has 2 amide bonds. The van der Waals surface area contributed by atoms with Crippen LogP contribution < -0.4 is 5.32 Å². The fourth-order valence-electron chi connectivity index (χ4n) is 3.85. The standard InChI is InChI=1S/C14H23NO3/c1-3-14(9-18-2)8-11(16)15-13(17)12(14)10-6-4-5-7-10/h10,12H,3-9H2,1-2H3,(H,15,16,17). The number of imide groups is 1. The first kappa shape index (κ1) is 13.5. The maximum Gasteiger partial charge on any atom is 0.230 e. The number of amides is 2. The van der Waals surface area contributed by atoms with Crippen molar-refractivity contribution in [1.29, 1.82) is 0 Å². The van der Waals surface area contributed by atoms with Gasteiger partial charge in [-0.15, -0.1) is 0 Å². The Morgan fingerprint density at radius 2 is 2.00 bits per heavy atom. The summed E-state index contributed by atoms with van der Waals surface area (Å²) in [5.41, 5.74) is -0.289. The van der Waals surface area contributed by atoms with Gasteiger partial charge in [0.25, 0.3) is 0 Å². The minimum atomic E-state index is -0.289. The molecule has 2 rings (SSSR count). The number of piperidine rings is 1.